The molecule has 1 saturated heterocycles. The number of hydrogen-bond donors (Lipinski definition) is 1. The molecule has 1 amide bonds. The first-order valence-electron chi connectivity index (χ1n) is 7.86. The van der Waals surface area contributed by atoms with Gasteiger partial charge < -0.3 is 14.4 Å². The van der Waals surface area contributed by atoms with Crippen molar-refractivity contribution in [3.63, 3.8) is 0 Å². The fraction of sp³-hybridized carbons (Fsp3) is 0.600. The third-order valence-corrected chi connectivity index (χ3v) is 5.33. The van der Waals surface area contributed by atoms with Crippen LogP contribution in [0.3, 0.4) is 0 Å². The molecular formula is C15H19N5O3. The Bertz CT molecular complexity index is 819. The Labute approximate surface area is 132 Å². The normalized spacial score (nSPS) is 26.7. The number of nitrogens with zero attached hydrogens (tertiary/aromatic N) is 4. The second-order valence-corrected chi connectivity index (χ2v) is 6.62. The second-order valence-electron chi connectivity index (χ2n) is 6.62. The Balaban J connectivity index is 1.66. The van der Waals surface area contributed by atoms with Crippen molar-refractivity contribution in [1.29, 1.82) is 0 Å². The fourth-order valence-electron chi connectivity index (χ4n) is 4.09. The lowest BCUT2D eigenvalue weighted by atomic mass is 9.80. The van der Waals surface area contributed by atoms with Gasteiger partial charge in [-0.2, -0.15) is 4.98 Å². The molecule has 1 aliphatic heterocycles. The maximum Gasteiger partial charge on any atom is 0.325 e. The molecule has 8 heteroatoms. The number of likely N-dealkylation sites (tertiary alicyclic amines) is 1. The van der Waals surface area contributed by atoms with E-state index in [1.807, 2.05) is 4.90 Å². The van der Waals surface area contributed by atoms with E-state index in [4.69, 9.17) is 4.52 Å². The summed E-state index contributed by atoms with van der Waals surface area (Å²) in [4.78, 5) is 33.1. The van der Waals surface area contributed by atoms with Crippen molar-refractivity contribution in [3.05, 3.63) is 34.1 Å². The molecule has 1 saturated carbocycles. The standard InChI is InChI=1S/C15H19N5O3/c1-9-17-13(23-18-9)15-5-3-4-10(15)7-20(8-15)12(21)11-6-16-14(22)19(11)2/h6,10H,3-5,7-8H2,1-2H3,(H,16,22)/t10-,15-/m0/s1. The molecular weight excluding hydrogens is 298 g/mol. The van der Waals surface area contributed by atoms with Gasteiger partial charge in [0, 0.05) is 26.3 Å². The van der Waals surface area contributed by atoms with Gasteiger partial charge in [-0.25, -0.2) is 4.79 Å². The zero-order chi connectivity index (χ0) is 16.2. The van der Waals surface area contributed by atoms with E-state index < -0.39 is 0 Å². The Morgan fingerprint density at radius 1 is 1.52 bits per heavy atom. The van der Waals surface area contributed by atoms with Crippen molar-refractivity contribution in [2.75, 3.05) is 13.1 Å². The van der Waals surface area contributed by atoms with Gasteiger partial charge in [0.25, 0.3) is 5.91 Å². The van der Waals surface area contributed by atoms with E-state index in [2.05, 4.69) is 15.1 Å². The van der Waals surface area contributed by atoms with E-state index in [1.165, 1.54) is 10.8 Å². The zero-order valence-corrected chi connectivity index (χ0v) is 13.2. The van der Waals surface area contributed by atoms with Crippen LogP contribution in [0.25, 0.3) is 0 Å². The molecule has 0 bridgehead atoms. The van der Waals surface area contributed by atoms with Gasteiger partial charge in [0.05, 0.1) is 5.41 Å². The molecule has 3 heterocycles. The van der Waals surface area contributed by atoms with E-state index in [-0.39, 0.29) is 17.0 Å². The Hall–Kier alpha value is -2.38. The monoisotopic (exact) mass is 317 g/mol. The van der Waals surface area contributed by atoms with Crippen LogP contribution in [0.5, 0.6) is 0 Å². The Kier molecular flexibility index (Phi) is 2.97. The molecule has 2 aromatic rings. The minimum Gasteiger partial charge on any atom is -0.339 e. The number of carbonyl (C=O) groups excluding carboxylic acids is 1. The molecule has 2 aliphatic rings. The maximum atomic E-state index is 12.8. The first-order valence-corrected chi connectivity index (χ1v) is 7.86. The number of amides is 1. The van der Waals surface area contributed by atoms with Crippen molar-refractivity contribution in [2.45, 2.75) is 31.6 Å². The lowest BCUT2D eigenvalue weighted by Crippen LogP contribution is -2.36. The predicted octanol–water partition coefficient (Wildman–Crippen LogP) is 0.599. The van der Waals surface area contributed by atoms with E-state index in [1.54, 1.807) is 14.0 Å². The number of aryl methyl sites for hydroxylation is 1. The van der Waals surface area contributed by atoms with E-state index in [9.17, 15) is 9.59 Å². The Morgan fingerprint density at radius 3 is 3.00 bits per heavy atom. The van der Waals surface area contributed by atoms with Crippen molar-refractivity contribution in [3.8, 4) is 0 Å². The first-order chi connectivity index (χ1) is 11.0. The molecule has 122 valence electrons. The smallest absolute Gasteiger partial charge is 0.325 e. The molecule has 1 aliphatic carbocycles. The van der Waals surface area contributed by atoms with Crippen LogP contribution in [0.4, 0.5) is 0 Å². The van der Waals surface area contributed by atoms with Crippen molar-refractivity contribution in [2.24, 2.45) is 13.0 Å². The number of aromatic amines is 1. The molecule has 2 aromatic heterocycles. The molecule has 0 unspecified atom stereocenters. The summed E-state index contributed by atoms with van der Waals surface area (Å²) in [5, 5.41) is 3.92. The van der Waals surface area contributed by atoms with Crippen molar-refractivity contribution >= 4 is 5.91 Å². The van der Waals surface area contributed by atoms with Crippen LogP contribution < -0.4 is 5.69 Å². The van der Waals surface area contributed by atoms with E-state index >= 15 is 0 Å². The van der Waals surface area contributed by atoms with Crippen LogP contribution in [0, 0.1) is 12.8 Å². The van der Waals surface area contributed by atoms with Crippen LogP contribution >= 0.6 is 0 Å². The van der Waals surface area contributed by atoms with E-state index in [0.717, 1.165) is 19.3 Å². The van der Waals surface area contributed by atoms with Gasteiger partial charge in [-0.3, -0.25) is 9.36 Å². The lowest BCUT2D eigenvalue weighted by Gasteiger charge is -2.24. The quantitative estimate of drug-likeness (QED) is 0.875. The highest BCUT2D eigenvalue weighted by molar-refractivity contribution is 5.92. The summed E-state index contributed by atoms with van der Waals surface area (Å²) in [6.45, 7) is 3.04. The molecule has 23 heavy (non-hydrogen) atoms. The fourth-order valence-corrected chi connectivity index (χ4v) is 4.09. The topological polar surface area (TPSA) is 97.0 Å². The van der Waals surface area contributed by atoms with E-state index in [0.29, 0.717) is 36.4 Å². The SMILES string of the molecule is Cc1noc([C@]23CCC[C@H]2CN(C(=O)c2c[nH]c(=O)n2C)C3)n1. The number of fused-ring (bicyclic) bond motifs is 1. The number of hydrogen-bond acceptors (Lipinski definition) is 5. The van der Waals surface area contributed by atoms with Gasteiger partial charge in [-0.15, -0.1) is 0 Å². The van der Waals surface area contributed by atoms with Gasteiger partial charge in [0.1, 0.15) is 5.69 Å². The highest BCUT2D eigenvalue weighted by Crippen LogP contribution is 2.50. The van der Waals surface area contributed by atoms with Gasteiger partial charge in [0.15, 0.2) is 5.82 Å². The van der Waals surface area contributed by atoms with Gasteiger partial charge in [0.2, 0.25) is 5.89 Å². The van der Waals surface area contributed by atoms with Gasteiger partial charge >= 0.3 is 5.69 Å². The summed E-state index contributed by atoms with van der Waals surface area (Å²) in [5.41, 5.74) is -0.131. The molecule has 0 spiro atoms. The minimum atomic E-state index is -0.282. The van der Waals surface area contributed by atoms with Gasteiger partial charge in [-0.05, 0) is 25.7 Å². The van der Waals surface area contributed by atoms with Crippen molar-refractivity contribution < 1.29 is 9.32 Å². The second kappa shape index (κ2) is 4.81. The number of rotatable bonds is 2. The Morgan fingerprint density at radius 2 is 2.35 bits per heavy atom. The summed E-state index contributed by atoms with van der Waals surface area (Å²) in [5.74, 6) is 1.48. The third kappa shape index (κ3) is 1.97. The lowest BCUT2D eigenvalue weighted by molar-refractivity contribution is 0.0765. The summed E-state index contributed by atoms with van der Waals surface area (Å²) in [7, 11) is 1.60. The molecule has 1 N–H and O–H groups in total. The molecule has 2 atom stereocenters. The zero-order valence-electron chi connectivity index (χ0n) is 13.2. The third-order valence-electron chi connectivity index (χ3n) is 5.33. The van der Waals surface area contributed by atoms with Crippen LogP contribution in [-0.2, 0) is 12.5 Å². The van der Waals surface area contributed by atoms with Crippen LogP contribution in [-0.4, -0.2) is 43.6 Å². The average molecular weight is 317 g/mol. The highest BCUT2D eigenvalue weighted by Gasteiger charge is 2.55. The first kappa shape index (κ1) is 14.2. The molecule has 2 fully saturated rings. The van der Waals surface area contributed by atoms with Crippen molar-refractivity contribution in [1.82, 2.24) is 24.6 Å². The summed E-state index contributed by atoms with van der Waals surface area (Å²) < 4.78 is 6.80. The summed E-state index contributed by atoms with van der Waals surface area (Å²) >= 11 is 0. The number of aromatic nitrogens is 4. The van der Waals surface area contributed by atoms with Gasteiger partial charge in [-0.1, -0.05) is 11.6 Å². The summed E-state index contributed by atoms with van der Waals surface area (Å²) in [6.07, 6.45) is 4.59. The predicted molar refractivity (Wildman–Crippen MR) is 80.0 cm³/mol. The minimum absolute atomic E-state index is 0.129. The largest absolute Gasteiger partial charge is 0.339 e. The number of H-pyrrole nitrogens is 1. The number of nitrogens with one attached hydrogen (secondary N) is 1. The highest BCUT2D eigenvalue weighted by atomic mass is 16.5. The van der Waals surface area contributed by atoms with Crippen LogP contribution in [0.1, 0.15) is 41.5 Å². The number of imidazole rings is 1. The number of carbonyl (C=O) groups is 1. The average Bonchev–Trinajstić information content (AvgIpc) is 3.23. The van der Waals surface area contributed by atoms with Crippen LogP contribution in [0.2, 0.25) is 0 Å². The molecule has 0 radical (unpaired) electrons. The molecule has 0 aromatic carbocycles. The molecule has 8 nitrogen and oxygen atoms in total. The van der Waals surface area contributed by atoms with Crippen LogP contribution in [0.15, 0.2) is 15.5 Å². The maximum absolute atomic E-state index is 12.8. The molecule has 4 rings (SSSR count). The summed E-state index contributed by atoms with van der Waals surface area (Å²) in [6, 6.07) is 0.